The first-order valence-electron chi connectivity index (χ1n) is 8.74. The Hall–Kier alpha value is -3.04. The molecule has 146 valence electrons. The molecule has 2 aromatic heterocycles. The summed E-state index contributed by atoms with van der Waals surface area (Å²) in [5, 5.41) is 11.6. The number of hydrogen-bond donors (Lipinski definition) is 3. The molecule has 0 saturated carbocycles. The molecule has 0 saturated heterocycles. The molecule has 0 unspecified atom stereocenters. The average molecular weight is 398 g/mol. The number of sulfonamides is 1. The van der Waals surface area contributed by atoms with Gasteiger partial charge in [-0.3, -0.25) is 4.98 Å². The molecule has 0 radical (unpaired) electrons. The first-order valence-corrected chi connectivity index (χ1v) is 10.3. The number of rotatable bonds is 8. The first-order chi connectivity index (χ1) is 13.4. The van der Waals surface area contributed by atoms with E-state index in [-0.39, 0.29) is 4.90 Å². The smallest absolute Gasteiger partial charge is 0.238 e. The van der Waals surface area contributed by atoms with E-state index in [0.717, 1.165) is 22.6 Å². The second-order valence-electron chi connectivity index (χ2n) is 6.30. The molecule has 3 aromatic rings. The molecule has 0 aliphatic heterocycles. The normalized spacial score (nSPS) is 11.2. The number of aromatic nitrogens is 3. The van der Waals surface area contributed by atoms with Crippen LogP contribution in [-0.4, -0.2) is 29.9 Å². The van der Waals surface area contributed by atoms with Gasteiger partial charge in [0, 0.05) is 37.2 Å². The zero-order valence-electron chi connectivity index (χ0n) is 15.5. The Bertz CT molecular complexity index is 1020. The molecule has 2 heterocycles. The van der Waals surface area contributed by atoms with E-state index in [2.05, 4.69) is 25.6 Å². The SMILES string of the molecule is Cc1cc(NCCc2ccc(S(N)(=O)=O)cc2)nc(NCc2cccnc2)n1. The minimum absolute atomic E-state index is 0.111. The molecule has 4 N–H and O–H groups in total. The Morgan fingerprint density at radius 2 is 1.82 bits per heavy atom. The van der Waals surface area contributed by atoms with Crippen LogP contribution >= 0.6 is 0 Å². The van der Waals surface area contributed by atoms with E-state index in [1.807, 2.05) is 25.1 Å². The second kappa shape index (κ2) is 8.77. The van der Waals surface area contributed by atoms with Crippen LogP contribution in [0.15, 0.2) is 59.8 Å². The van der Waals surface area contributed by atoms with E-state index in [1.165, 1.54) is 12.1 Å². The second-order valence-corrected chi connectivity index (χ2v) is 7.86. The van der Waals surface area contributed by atoms with Crippen molar-refractivity contribution in [1.82, 2.24) is 15.0 Å². The van der Waals surface area contributed by atoms with Gasteiger partial charge in [-0.05, 0) is 42.7 Å². The van der Waals surface area contributed by atoms with Crippen molar-refractivity contribution >= 4 is 21.8 Å². The fourth-order valence-electron chi connectivity index (χ4n) is 2.60. The average Bonchev–Trinajstić information content (AvgIpc) is 2.67. The number of primary sulfonamides is 1. The predicted octanol–water partition coefficient (Wildman–Crippen LogP) is 2.09. The van der Waals surface area contributed by atoms with Crippen molar-refractivity contribution in [2.45, 2.75) is 24.8 Å². The zero-order chi connectivity index (χ0) is 20.0. The number of nitrogens with one attached hydrogen (secondary N) is 2. The van der Waals surface area contributed by atoms with Crippen molar-refractivity contribution in [2.75, 3.05) is 17.2 Å². The number of nitrogens with zero attached hydrogens (tertiary/aromatic N) is 3. The van der Waals surface area contributed by atoms with Crippen molar-refractivity contribution < 1.29 is 8.42 Å². The predicted molar refractivity (Wildman–Crippen MR) is 108 cm³/mol. The maximum Gasteiger partial charge on any atom is 0.238 e. The summed E-state index contributed by atoms with van der Waals surface area (Å²) in [6.07, 6.45) is 4.24. The van der Waals surface area contributed by atoms with Crippen LogP contribution in [0.1, 0.15) is 16.8 Å². The molecule has 0 spiro atoms. The Morgan fingerprint density at radius 3 is 2.50 bits per heavy atom. The summed E-state index contributed by atoms with van der Waals surface area (Å²) < 4.78 is 22.6. The van der Waals surface area contributed by atoms with Gasteiger partial charge in [-0.15, -0.1) is 0 Å². The van der Waals surface area contributed by atoms with Gasteiger partial charge in [0.1, 0.15) is 5.82 Å². The lowest BCUT2D eigenvalue weighted by atomic mass is 10.1. The van der Waals surface area contributed by atoms with Crippen molar-refractivity contribution in [3.05, 3.63) is 71.7 Å². The highest BCUT2D eigenvalue weighted by Gasteiger charge is 2.07. The van der Waals surface area contributed by atoms with Crippen LogP contribution in [0.5, 0.6) is 0 Å². The molecule has 1 aromatic carbocycles. The molecule has 8 nitrogen and oxygen atoms in total. The lowest BCUT2D eigenvalue weighted by molar-refractivity contribution is 0.598. The van der Waals surface area contributed by atoms with Crippen molar-refractivity contribution in [2.24, 2.45) is 5.14 Å². The van der Waals surface area contributed by atoms with E-state index in [1.54, 1.807) is 24.5 Å². The standard InChI is InChI=1S/C19H22N6O2S/c1-14-11-18(25-19(24-14)23-13-16-3-2-9-21-12-16)22-10-8-15-4-6-17(7-5-15)28(20,26)27/h2-7,9,11-12H,8,10,13H2,1H3,(H2,20,26,27)(H2,22,23,24,25). The van der Waals surface area contributed by atoms with Gasteiger partial charge in [-0.2, -0.15) is 4.98 Å². The monoisotopic (exact) mass is 398 g/mol. The van der Waals surface area contributed by atoms with E-state index < -0.39 is 10.0 Å². The molecule has 0 aliphatic carbocycles. The first kappa shape index (κ1) is 19.7. The molecular weight excluding hydrogens is 376 g/mol. The summed E-state index contributed by atoms with van der Waals surface area (Å²) in [4.78, 5) is 13.1. The Morgan fingerprint density at radius 1 is 1.04 bits per heavy atom. The van der Waals surface area contributed by atoms with Gasteiger partial charge >= 0.3 is 0 Å². The third-order valence-electron chi connectivity index (χ3n) is 4.00. The highest BCUT2D eigenvalue weighted by Crippen LogP contribution is 2.12. The number of anilines is 2. The molecule has 0 fully saturated rings. The van der Waals surface area contributed by atoms with Crippen molar-refractivity contribution in [1.29, 1.82) is 0 Å². The fraction of sp³-hybridized carbons (Fsp3) is 0.211. The fourth-order valence-corrected chi connectivity index (χ4v) is 3.12. The molecule has 0 bridgehead atoms. The van der Waals surface area contributed by atoms with Crippen LogP contribution in [0.25, 0.3) is 0 Å². The Kier molecular flexibility index (Phi) is 6.17. The molecular formula is C19H22N6O2S. The lowest BCUT2D eigenvalue weighted by Crippen LogP contribution is -2.12. The maximum atomic E-state index is 11.3. The zero-order valence-corrected chi connectivity index (χ0v) is 16.3. The summed E-state index contributed by atoms with van der Waals surface area (Å²) in [7, 11) is -3.66. The van der Waals surface area contributed by atoms with Crippen LogP contribution < -0.4 is 15.8 Å². The van der Waals surface area contributed by atoms with Gasteiger partial charge in [-0.25, -0.2) is 18.5 Å². The minimum Gasteiger partial charge on any atom is -0.370 e. The van der Waals surface area contributed by atoms with Crippen LogP contribution in [0.3, 0.4) is 0 Å². The summed E-state index contributed by atoms with van der Waals surface area (Å²) in [6.45, 7) is 3.15. The molecule has 9 heteroatoms. The molecule has 3 rings (SSSR count). The van der Waals surface area contributed by atoms with E-state index in [4.69, 9.17) is 5.14 Å². The summed E-state index contributed by atoms with van der Waals surface area (Å²) in [6, 6.07) is 12.3. The van der Waals surface area contributed by atoms with Gasteiger partial charge in [0.05, 0.1) is 4.90 Å². The lowest BCUT2D eigenvalue weighted by Gasteiger charge is -2.10. The molecule has 0 amide bonds. The van der Waals surface area contributed by atoms with Gasteiger partial charge in [0.15, 0.2) is 0 Å². The van der Waals surface area contributed by atoms with Gasteiger partial charge < -0.3 is 10.6 Å². The van der Waals surface area contributed by atoms with Crippen LogP contribution in [0.2, 0.25) is 0 Å². The quantitative estimate of drug-likeness (QED) is 0.531. The van der Waals surface area contributed by atoms with Gasteiger partial charge in [0.25, 0.3) is 0 Å². The third kappa shape index (κ3) is 5.73. The van der Waals surface area contributed by atoms with E-state index >= 15 is 0 Å². The van der Waals surface area contributed by atoms with Crippen molar-refractivity contribution in [3.8, 4) is 0 Å². The summed E-state index contributed by atoms with van der Waals surface area (Å²) in [5.74, 6) is 1.27. The van der Waals surface area contributed by atoms with Gasteiger partial charge in [0.2, 0.25) is 16.0 Å². The van der Waals surface area contributed by atoms with Crippen LogP contribution in [0, 0.1) is 6.92 Å². The Balaban J connectivity index is 1.56. The van der Waals surface area contributed by atoms with Gasteiger partial charge in [-0.1, -0.05) is 18.2 Å². The Labute approximate surface area is 164 Å². The largest absolute Gasteiger partial charge is 0.370 e. The topological polar surface area (TPSA) is 123 Å². The van der Waals surface area contributed by atoms with E-state index in [0.29, 0.717) is 25.5 Å². The number of pyridine rings is 1. The van der Waals surface area contributed by atoms with Crippen LogP contribution in [0.4, 0.5) is 11.8 Å². The summed E-state index contributed by atoms with van der Waals surface area (Å²) >= 11 is 0. The highest BCUT2D eigenvalue weighted by atomic mass is 32.2. The molecule has 28 heavy (non-hydrogen) atoms. The minimum atomic E-state index is -3.66. The number of hydrogen-bond acceptors (Lipinski definition) is 7. The summed E-state index contributed by atoms with van der Waals surface area (Å²) in [5.41, 5.74) is 2.90. The number of nitrogens with two attached hydrogens (primary N) is 1. The number of aryl methyl sites for hydroxylation is 1. The third-order valence-corrected chi connectivity index (χ3v) is 4.93. The highest BCUT2D eigenvalue weighted by molar-refractivity contribution is 7.89. The molecule has 0 atom stereocenters. The number of benzene rings is 1. The maximum absolute atomic E-state index is 11.3. The molecule has 0 aliphatic rings. The van der Waals surface area contributed by atoms with Crippen molar-refractivity contribution in [3.63, 3.8) is 0 Å². The van der Waals surface area contributed by atoms with Crippen LogP contribution in [-0.2, 0) is 23.0 Å². The van der Waals surface area contributed by atoms with E-state index in [9.17, 15) is 8.42 Å².